The quantitative estimate of drug-likeness (QED) is 0.743. The van der Waals surface area contributed by atoms with E-state index in [2.05, 4.69) is 55.4 Å². The van der Waals surface area contributed by atoms with E-state index in [1.165, 1.54) is 41.5 Å². The molecule has 0 amide bonds. The lowest BCUT2D eigenvalue weighted by Crippen LogP contribution is -2.16. The Labute approximate surface area is 144 Å². The standard InChI is InChI=1S/C21H24ClN/c1-23(2)15-18-8-5-7-17-6-3-4-9-20(17)21(18)14-16-10-12-19(22)13-11-16/h3-4,6,9-13H,5,7-8,14-15H2,1-2H3. The number of aryl methyl sites for hydroxylation is 1. The summed E-state index contributed by atoms with van der Waals surface area (Å²) in [7, 11) is 4.31. The summed E-state index contributed by atoms with van der Waals surface area (Å²) < 4.78 is 0. The molecule has 0 aliphatic heterocycles. The molecule has 1 nitrogen and oxygen atoms in total. The Morgan fingerprint density at radius 3 is 2.43 bits per heavy atom. The van der Waals surface area contributed by atoms with Crippen LogP contribution in [0.1, 0.15) is 29.5 Å². The summed E-state index contributed by atoms with van der Waals surface area (Å²) in [5.41, 5.74) is 7.35. The molecular weight excluding hydrogens is 302 g/mol. The molecule has 0 unspecified atom stereocenters. The maximum atomic E-state index is 6.04. The molecule has 1 aliphatic carbocycles. The van der Waals surface area contributed by atoms with Crippen molar-refractivity contribution in [3.63, 3.8) is 0 Å². The summed E-state index contributed by atoms with van der Waals surface area (Å²) in [6.07, 6.45) is 4.59. The van der Waals surface area contributed by atoms with Crippen molar-refractivity contribution in [2.24, 2.45) is 0 Å². The summed E-state index contributed by atoms with van der Waals surface area (Å²) in [6, 6.07) is 17.2. The van der Waals surface area contributed by atoms with Crippen molar-refractivity contribution >= 4 is 17.2 Å². The van der Waals surface area contributed by atoms with Gasteiger partial charge in [0.15, 0.2) is 0 Å². The Kier molecular flexibility index (Phi) is 5.20. The van der Waals surface area contributed by atoms with Gasteiger partial charge in [-0.2, -0.15) is 0 Å². The molecular formula is C21H24ClN. The molecule has 0 bridgehead atoms. The predicted molar refractivity (Wildman–Crippen MR) is 100 cm³/mol. The van der Waals surface area contributed by atoms with Crippen molar-refractivity contribution in [1.82, 2.24) is 4.90 Å². The van der Waals surface area contributed by atoms with Crippen LogP contribution in [0.25, 0.3) is 5.57 Å². The van der Waals surface area contributed by atoms with Gasteiger partial charge in [0.1, 0.15) is 0 Å². The average Bonchev–Trinajstić information content (AvgIpc) is 2.69. The maximum Gasteiger partial charge on any atom is 0.0406 e. The summed E-state index contributed by atoms with van der Waals surface area (Å²) in [5.74, 6) is 0. The van der Waals surface area contributed by atoms with E-state index in [0.717, 1.165) is 18.0 Å². The third-order valence-electron chi connectivity index (χ3n) is 4.50. The first-order valence-corrected chi connectivity index (χ1v) is 8.69. The highest BCUT2D eigenvalue weighted by molar-refractivity contribution is 6.30. The monoisotopic (exact) mass is 325 g/mol. The number of nitrogens with zero attached hydrogens (tertiary/aromatic N) is 1. The van der Waals surface area contributed by atoms with Crippen LogP contribution in [0.3, 0.4) is 0 Å². The van der Waals surface area contributed by atoms with Crippen LogP contribution in [0, 0.1) is 0 Å². The Morgan fingerprint density at radius 1 is 0.957 bits per heavy atom. The fraction of sp³-hybridized carbons (Fsp3) is 0.333. The Bertz CT molecular complexity index is 698. The summed E-state index contributed by atoms with van der Waals surface area (Å²) in [6.45, 7) is 1.04. The van der Waals surface area contributed by atoms with Gasteiger partial charge in [-0.05, 0) is 74.2 Å². The first-order chi connectivity index (χ1) is 11.1. The fourth-order valence-electron chi connectivity index (χ4n) is 3.45. The van der Waals surface area contributed by atoms with Gasteiger partial charge >= 0.3 is 0 Å². The molecule has 120 valence electrons. The zero-order valence-electron chi connectivity index (χ0n) is 14.0. The van der Waals surface area contributed by atoms with E-state index in [9.17, 15) is 0 Å². The van der Waals surface area contributed by atoms with Crippen molar-refractivity contribution in [1.29, 1.82) is 0 Å². The SMILES string of the molecule is CN(C)CC1=C(Cc2ccc(Cl)cc2)c2ccccc2CCC1. The van der Waals surface area contributed by atoms with Crippen LogP contribution in [0.15, 0.2) is 54.1 Å². The molecule has 3 rings (SSSR count). The molecule has 0 spiro atoms. The number of rotatable bonds is 4. The number of hydrogen-bond donors (Lipinski definition) is 0. The number of hydrogen-bond acceptors (Lipinski definition) is 1. The molecule has 0 saturated heterocycles. The molecule has 0 atom stereocenters. The smallest absolute Gasteiger partial charge is 0.0406 e. The molecule has 0 radical (unpaired) electrons. The zero-order valence-corrected chi connectivity index (χ0v) is 14.7. The first kappa shape index (κ1) is 16.3. The van der Waals surface area contributed by atoms with Crippen LogP contribution in [0.2, 0.25) is 5.02 Å². The van der Waals surface area contributed by atoms with Gasteiger partial charge in [-0.25, -0.2) is 0 Å². The molecule has 0 heterocycles. The highest BCUT2D eigenvalue weighted by Crippen LogP contribution is 2.33. The topological polar surface area (TPSA) is 3.24 Å². The molecule has 0 N–H and O–H groups in total. The van der Waals surface area contributed by atoms with Crippen molar-refractivity contribution in [2.75, 3.05) is 20.6 Å². The van der Waals surface area contributed by atoms with Crippen LogP contribution >= 0.6 is 11.6 Å². The highest BCUT2D eigenvalue weighted by atomic mass is 35.5. The minimum atomic E-state index is 0.803. The molecule has 2 aromatic rings. The van der Waals surface area contributed by atoms with E-state index < -0.39 is 0 Å². The van der Waals surface area contributed by atoms with Crippen LogP contribution < -0.4 is 0 Å². The third kappa shape index (κ3) is 4.04. The van der Waals surface area contributed by atoms with Gasteiger partial charge in [-0.15, -0.1) is 0 Å². The van der Waals surface area contributed by atoms with Gasteiger partial charge < -0.3 is 4.90 Å². The second kappa shape index (κ2) is 7.33. The molecule has 0 saturated carbocycles. The average molecular weight is 326 g/mol. The van der Waals surface area contributed by atoms with Crippen LogP contribution in [-0.2, 0) is 12.8 Å². The summed E-state index contributed by atoms with van der Waals surface area (Å²) in [4.78, 5) is 2.28. The minimum absolute atomic E-state index is 0.803. The molecule has 2 heteroatoms. The van der Waals surface area contributed by atoms with Gasteiger partial charge in [0.2, 0.25) is 0 Å². The molecule has 0 fully saturated rings. The number of likely N-dealkylation sites (N-methyl/N-ethyl adjacent to an activating group) is 1. The molecule has 23 heavy (non-hydrogen) atoms. The number of halogens is 1. The third-order valence-corrected chi connectivity index (χ3v) is 4.75. The van der Waals surface area contributed by atoms with E-state index in [1.54, 1.807) is 5.57 Å². The van der Waals surface area contributed by atoms with Crippen molar-refractivity contribution < 1.29 is 0 Å². The minimum Gasteiger partial charge on any atom is -0.305 e. The Morgan fingerprint density at radius 2 is 1.70 bits per heavy atom. The van der Waals surface area contributed by atoms with Crippen LogP contribution in [0.5, 0.6) is 0 Å². The number of fused-ring (bicyclic) bond motifs is 1. The van der Waals surface area contributed by atoms with Gasteiger partial charge in [-0.1, -0.05) is 53.6 Å². The van der Waals surface area contributed by atoms with Gasteiger partial charge in [0.05, 0.1) is 0 Å². The number of allylic oxidation sites excluding steroid dienone is 1. The van der Waals surface area contributed by atoms with Crippen molar-refractivity contribution in [2.45, 2.75) is 25.7 Å². The largest absolute Gasteiger partial charge is 0.305 e. The van der Waals surface area contributed by atoms with Gasteiger partial charge in [0, 0.05) is 11.6 Å². The molecule has 0 aromatic heterocycles. The zero-order chi connectivity index (χ0) is 16.2. The Hall–Kier alpha value is -1.57. The predicted octanol–water partition coefficient (Wildman–Crippen LogP) is 5.23. The van der Waals surface area contributed by atoms with Crippen LogP contribution in [-0.4, -0.2) is 25.5 Å². The van der Waals surface area contributed by atoms with E-state index >= 15 is 0 Å². The van der Waals surface area contributed by atoms with Crippen molar-refractivity contribution in [3.8, 4) is 0 Å². The van der Waals surface area contributed by atoms with Gasteiger partial charge in [-0.3, -0.25) is 0 Å². The molecule has 1 aliphatic rings. The lowest BCUT2D eigenvalue weighted by molar-refractivity contribution is 0.438. The maximum absolute atomic E-state index is 6.04. The first-order valence-electron chi connectivity index (χ1n) is 8.32. The fourth-order valence-corrected chi connectivity index (χ4v) is 3.58. The molecule has 2 aromatic carbocycles. The Balaban J connectivity index is 2.03. The highest BCUT2D eigenvalue weighted by Gasteiger charge is 2.17. The van der Waals surface area contributed by atoms with E-state index in [0.29, 0.717) is 0 Å². The van der Waals surface area contributed by atoms with E-state index in [4.69, 9.17) is 11.6 Å². The van der Waals surface area contributed by atoms with Gasteiger partial charge in [0.25, 0.3) is 0 Å². The van der Waals surface area contributed by atoms with E-state index in [-0.39, 0.29) is 0 Å². The lowest BCUT2D eigenvalue weighted by Gasteiger charge is -2.19. The van der Waals surface area contributed by atoms with E-state index in [1.807, 2.05) is 12.1 Å². The van der Waals surface area contributed by atoms with Crippen LogP contribution in [0.4, 0.5) is 0 Å². The second-order valence-corrected chi connectivity index (χ2v) is 7.07. The normalized spacial score (nSPS) is 14.8. The van der Waals surface area contributed by atoms with Crippen molar-refractivity contribution in [3.05, 3.63) is 75.8 Å². The summed E-state index contributed by atoms with van der Waals surface area (Å²) >= 11 is 6.04. The second-order valence-electron chi connectivity index (χ2n) is 6.63. The number of benzene rings is 2. The summed E-state index contributed by atoms with van der Waals surface area (Å²) in [5, 5.41) is 0.803. The lowest BCUT2D eigenvalue weighted by atomic mass is 9.91.